The van der Waals surface area contributed by atoms with Gasteiger partial charge in [0.15, 0.2) is 0 Å². The maximum Gasteiger partial charge on any atom is 0.148 e. The fourth-order valence-electron chi connectivity index (χ4n) is 1.17. The number of methoxy groups -OCH3 is 1. The monoisotopic (exact) mass is 308 g/mol. The Morgan fingerprint density at radius 3 is 3.00 bits per heavy atom. The smallest absolute Gasteiger partial charge is 0.148 e. The Hall–Kier alpha value is -0.360. The molecule has 0 bridgehead atoms. The molecule has 0 aliphatic carbocycles. The van der Waals surface area contributed by atoms with Crippen molar-refractivity contribution in [2.75, 3.05) is 7.11 Å². The van der Waals surface area contributed by atoms with Crippen LogP contribution in [0.15, 0.2) is 17.5 Å². The van der Waals surface area contributed by atoms with Gasteiger partial charge in [-0.2, -0.15) is 0 Å². The molecule has 0 radical (unpaired) electrons. The van der Waals surface area contributed by atoms with Crippen LogP contribution in [0.5, 0.6) is 5.75 Å². The van der Waals surface area contributed by atoms with Crippen molar-refractivity contribution in [1.82, 2.24) is 0 Å². The molecule has 0 unspecified atom stereocenters. The Morgan fingerprint density at radius 2 is 2.31 bits per heavy atom. The highest BCUT2D eigenvalue weighted by molar-refractivity contribution is 14.1. The van der Waals surface area contributed by atoms with Gasteiger partial charge in [0.1, 0.15) is 11.6 Å². The van der Waals surface area contributed by atoms with Gasteiger partial charge in [-0.1, -0.05) is 0 Å². The third-order valence-corrected chi connectivity index (χ3v) is 3.69. The van der Waals surface area contributed by atoms with Crippen molar-refractivity contribution in [3.05, 3.63) is 26.9 Å². The molecule has 1 aromatic carbocycles. The molecule has 0 spiro atoms. The van der Waals surface area contributed by atoms with Gasteiger partial charge in [-0.05, 0) is 40.1 Å². The van der Waals surface area contributed by atoms with Gasteiger partial charge in [-0.25, -0.2) is 4.39 Å². The van der Waals surface area contributed by atoms with Crippen LogP contribution in [0, 0.1) is 9.39 Å². The molecular formula is C9H6FIOS. The predicted octanol–water partition coefficient (Wildman–Crippen LogP) is 3.65. The summed E-state index contributed by atoms with van der Waals surface area (Å²) in [6.45, 7) is 0. The lowest BCUT2D eigenvalue weighted by atomic mass is 10.2. The molecular weight excluding hydrogens is 302 g/mol. The van der Waals surface area contributed by atoms with E-state index >= 15 is 0 Å². The second-order valence-corrected chi connectivity index (χ2v) is 4.57. The van der Waals surface area contributed by atoms with E-state index in [0.717, 1.165) is 4.70 Å². The minimum Gasteiger partial charge on any atom is -0.495 e. The van der Waals surface area contributed by atoms with Crippen LogP contribution in [0.1, 0.15) is 0 Å². The van der Waals surface area contributed by atoms with Crippen molar-refractivity contribution < 1.29 is 9.13 Å². The Labute approximate surface area is 92.7 Å². The topological polar surface area (TPSA) is 9.23 Å². The molecule has 2 aromatic rings. The van der Waals surface area contributed by atoms with E-state index in [1.165, 1.54) is 11.3 Å². The number of thiophene rings is 1. The second kappa shape index (κ2) is 3.42. The van der Waals surface area contributed by atoms with Gasteiger partial charge in [-0.15, -0.1) is 11.3 Å². The standard InChI is InChI=1S/C9H6FIOS/c1-12-6-4-7-5(2-3-13-7)8(10)9(6)11/h2-4H,1H3. The minimum atomic E-state index is -0.184. The maximum absolute atomic E-state index is 13.6. The summed E-state index contributed by atoms with van der Waals surface area (Å²) in [4.78, 5) is 0. The molecule has 0 amide bonds. The first kappa shape index (κ1) is 9.21. The number of halogens is 2. The van der Waals surface area contributed by atoms with Gasteiger partial charge in [-0.3, -0.25) is 0 Å². The first-order chi connectivity index (χ1) is 6.24. The van der Waals surface area contributed by atoms with Crippen LogP contribution in [-0.4, -0.2) is 7.11 Å². The molecule has 0 N–H and O–H groups in total. The van der Waals surface area contributed by atoms with E-state index in [4.69, 9.17) is 4.74 Å². The lowest BCUT2D eigenvalue weighted by Gasteiger charge is -2.04. The fourth-order valence-corrected chi connectivity index (χ4v) is 2.65. The van der Waals surface area contributed by atoms with E-state index in [1.54, 1.807) is 13.2 Å². The lowest BCUT2D eigenvalue weighted by molar-refractivity contribution is 0.408. The van der Waals surface area contributed by atoms with Crippen LogP contribution in [0.25, 0.3) is 10.1 Å². The molecule has 68 valence electrons. The summed E-state index contributed by atoms with van der Waals surface area (Å²) < 4.78 is 20.1. The minimum absolute atomic E-state index is 0.184. The summed E-state index contributed by atoms with van der Waals surface area (Å²) in [5.74, 6) is 0.421. The lowest BCUT2D eigenvalue weighted by Crippen LogP contribution is -1.90. The molecule has 0 fully saturated rings. The van der Waals surface area contributed by atoms with E-state index in [-0.39, 0.29) is 5.82 Å². The largest absolute Gasteiger partial charge is 0.495 e. The van der Waals surface area contributed by atoms with Crippen LogP contribution >= 0.6 is 33.9 Å². The molecule has 0 saturated carbocycles. The molecule has 2 rings (SSSR count). The first-order valence-electron chi connectivity index (χ1n) is 3.63. The molecule has 1 heterocycles. The Morgan fingerprint density at radius 1 is 1.54 bits per heavy atom. The van der Waals surface area contributed by atoms with Crippen molar-refractivity contribution in [3.63, 3.8) is 0 Å². The Bertz CT molecular complexity index is 452. The molecule has 0 saturated heterocycles. The van der Waals surface area contributed by atoms with Gasteiger partial charge in [0.05, 0.1) is 10.7 Å². The summed E-state index contributed by atoms with van der Waals surface area (Å²) in [5.41, 5.74) is 0. The van der Waals surface area contributed by atoms with Crippen molar-refractivity contribution >= 4 is 44.0 Å². The number of hydrogen-bond acceptors (Lipinski definition) is 2. The zero-order chi connectivity index (χ0) is 9.42. The van der Waals surface area contributed by atoms with Crippen LogP contribution in [-0.2, 0) is 0 Å². The maximum atomic E-state index is 13.6. The zero-order valence-electron chi connectivity index (χ0n) is 6.80. The highest BCUT2D eigenvalue weighted by Crippen LogP contribution is 2.33. The highest BCUT2D eigenvalue weighted by atomic mass is 127. The number of hydrogen-bond donors (Lipinski definition) is 0. The van der Waals surface area contributed by atoms with Crippen molar-refractivity contribution in [2.45, 2.75) is 0 Å². The van der Waals surface area contributed by atoms with Crippen molar-refractivity contribution in [1.29, 1.82) is 0 Å². The average molecular weight is 308 g/mol. The average Bonchev–Trinajstić information content (AvgIpc) is 2.59. The quantitative estimate of drug-likeness (QED) is 0.731. The van der Waals surface area contributed by atoms with E-state index in [2.05, 4.69) is 0 Å². The highest BCUT2D eigenvalue weighted by Gasteiger charge is 2.11. The van der Waals surface area contributed by atoms with Gasteiger partial charge < -0.3 is 4.74 Å². The van der Waals surface area contributed by atoms with Crippen LogP contribution in [0.3, 0.4) is 0 Å². The SMILES string of the molecule is COc1cc2sccc2c(F)c1I. The molecule has 1 aromatic heterocycles. The van der Waals surface area contributed by atoms with Crippen LogP contribution in [0.2, 0.25) is 0 Å². The third kappa shape index (κ3) is 1.42. The van der Waals surface area contributed by atoms with E-state index in [0.29, 0.717) is 14.7 Å². The summed E-state index contributed by atoms with van der Waals surface area (Å²) >= 11 is 3.47. The van der Waals surface area contributed by atoms with Gasteiger partial charge in [0, 0.05) is 10.1 Å². The molecule has 13 heavy (non-hydrogen) atoms. The molecule has 0 aliphatic rings. The number of fused-ring (bicyclic) bond motifs is 1. The van der Waals surface area contributed by atoms with Crippen molar-refractivity contribution in [3.8, 4) is 5.75 Å². The molecule has 0 atom stereocenters. The van der Waals surface area contributed by atoms with Gasteiger partial charge >= 0.3 is 0 Å². The Balaban J connectivity index is 2.83. The molecule has 0 aliphatic heterocycles. The van der Waals surface area contributed by atoms with Gasteiger partial charge in [0.25, 0.3) is 0 Å². The van der Waals surface area contributed by atoms with Crippen LogP contribution < -0.4 is 4.74 Å². The predicted molar refractivity (Wildman–Crippen MR) is 61.1 cm³/mol. The van der Waals surface area contributed by atoms with Crippen LogP contribution in [0.4, 0.5) is 4.39 Å². The molecule has 4 heteroatoms. The summed E-state index contributed by atoms with van der Waals surface area (Å²) in [6.07, 6.45) is 0. The van der Waals surface area contributed by atoms with E-state index < -0.39 is 0 Å². The first-order valence-corrected chi connectivity index (χ1v) is 5.59. The number of benzene rings is 1. The van der Waals surface area contributed by atoms with Crippen molar-refractivity contribution in [2.24, 2.45) is 0 Å². The van der Waals surface area contributed by atoms with E-state index in [1.807, 2.05) is 34.0 Å². The zero-order valence-corrected chi connectivity index (χ0v) is 9.78. The fraction of sp³-hybridized carbons (Fsp3) is 0.111. The van der Waals surface area contributed by atoms with E-state index in [9.17, 15) is 4.39 Å². The molecule has 1 nitrogen and oxygen atoms in total. The number of rotatable bonds is 1. The Kier molecular flexibility index (Phi) is 2.42. The third-order valence-electron chi connectivity index (χ3n) is 1.82. The summed E-state index contributed by atoms with van der Waals surface area (Å²) in [6, 6.07) is 3.65. The summed E-state index contributed by atoms with van der Waals surface area (Å²) in [5, 5.41) is 2.55. The number of ether oxygens (including phenoxy) is 1. The normalized spacial score (nSPS) is 10.7. The van der Waals surface area contributed by atoms with Gasteiger partial charge in [0.2, 0.25) is 0 Å². The second-order valence-electron chi connectivity index (χ2n) is 2.54. The summed E-state index contributed by atoms with van der Waals surface area (Å²) in [7, 11) is 1.55.